The van der Waals surface area contributed by atoms with Crippen LogP contribution in [-0.4, -0.2) is 29.6 Å². The fourth-order valence-corrected chi connectivity index (χ4v) is 5.15. The molecule has 0 bridgehead atoms. The molecule has 0 saturated carbocycles. The Labute approximate surface area is 200 Å². The molecule has 3 aromatic rings. The molecule has 1 aliphatic heterocycles. The summed E-state index contributed by atoms with van der Waals surface area (Å²) in [5.74, 6) is 0.578. The second-order valence-electron chi connectivity index (χ2n) is 9.44. The van der Waals surface area contributed by atoms with Crippen molar-refractivity contribution >= 4 is 22.3 Å². The van der Waals surface area contributed by atoms with Gasteiger partial charge in [0.1, 0.15) is 23.0 Å². The van der Waals surface area contributed by atoms with Gasteiger partial charge >= 0.3 is 5.97 Å². The van der Waals surface area contributed by atoms with E-state index >= 15 is 0 Å². The number of hydrogen-bond acceptors (Lipinski definition) is 6. The molecule has 2 heterocycles. The Morgan fingerprint density at radius 1 is 1.06 bits per heavy atom. The molecule has 2 aromatic carbocycles. The van der Waals surface area contributed by atoms with Gasteiger partial charge in [0.2, 0.25) is 0 Å². The quantitative estimate of drug-likeness (QED) is 0.470. The molecule has 1 aromatic heterocycles. The van der Waals surface area contributed by atoms with Crippen LogP contribution < -0.4 is 10.5 Å². The van der Waals surface area contributed by atoms with Crippen molar-refractivity contribution in [1.29, 1.82) is 0 Å². The van der Waals surface area contributed by atoms with Gasteiger partial charge < -0.3 is 15.2 Å². The summed E-state index contributed by atoms with van der Waals surface area (Å²) < 4.78 is 11.5. The predicted octanol–water partition coefficient (Wildman–Crippen LogP) is 5.47. The van der Waals surface area contributed by atoms with Crippen LogP contribution in [0.25, 0.3) is 0 Å². The number of anilines is 1. The summed E-state index contributed by atoms with van der Waals surface area (Å²) in [6.07, 6.45) is 1.79. The molecule has 0 spiro atoms. The Hall–Kier alpha value is -2.83. The van der Waals surface area contributed by atoms with Gasteiger partial charge in [-0.1, -0.05) is 42.5 Å². The average Bonchev–Trinajstić information content (AvgIpc) is 3.11. The van der Waals surface area contributed by atoms with Crippen LogP contribution in [0, 0.1) is 0 Å². The second kappa shape index (κ2) is 9.98. The van der Waals surface area contributed by atoms with Crippen molar-refractivity contribution in [2.24, 2.45) is 0 Å². The molecule has 33 heavy (non-hydrogen) atoms. The second-order valence-corrected chi connectivity index (χ2v) is 10.6. The number of carbonyl (C=O) groups is 1. The number of hydrogen-bond donors (Lipinski definition) is 1. The van der Waals surface area contributed by atoms with Crippen molar-refractivity contribution in [2.45, 2.75) is 52.4 Å². The first-order valence-corrected chi connectivity index (χ1v) is 12.2. The third-order valence-electron chi connectivity index (χ3n) is 5.65. The lowest BCUT2D eigenvalue weighted by Gasteiger charge is -2.27. The van der Waals surface area contributed by atoms with Crippen molar-refractivity contribution in [3.63, 3.8) is 0 Å². The third-order valence-corrected chi connectivity index (χ3v) is 6.70. The maximum atomic E-state index is 12.6. The number of esters is 1. The van der Waals surface area contributed by atoms with Crippen molar-refractivity contribution in [2.75, 3.05) is 18.8 Å². The molecule has 1 aliphatic rings. The molecule has 6 heteroatoms. The average molecular weight is 465 g/mol. The minimum atomic E-state index is -0.527. The monoisotopic (exact) mass is 464 g/mol. The Morgan fingerprint density at radius 2 is 1.79 bits per heavy atom. The summed E-state index contributed by atoms with van der Waals surface area (Å²) >= 11 is 1.52. The van der Waals surface area contributed by atoms with Gasteiger partial charge in [-0.25, -0.2) is 4.79 Å². The number of benzene rings is 2. The van der Waals surface area contributed by atoms with Crippen molar-refractivity contribution in [3.05, 3.63) is 81.7 Å². The largest absolute Gasteiger partial charge is 0.489 e. The van der Waals surface area contributed by atoms with Gasteiger partial charge in [-0.05, 0) is 62.4 Å². The summed E-state index contributed by atoms with van der Waals surface area (Å²) in [5, 5.41) is 0.571. The molecule has 4 rings (SSSR count). The highest BCUT2D eigenvalue weighted by molar-refractivity contribution is 7.16. The molecular weight excluding hydrogens is 432 g/mol. The maximum absolute atomic E-state index is 12.6. The topological polar surface area (TPSA) is 64.8 Å². The predicted molar refractivity (Wildman–Crippen MR) is 134 cm³/mol. The Kier molecular flexibility index (Phi) is 7.05. The van der Waals surface area contributed by atoms with Gasteiger partial charge in [0.25, 0.3) is 0 Å². The molecule has 0 fully saturated rings. The summed E-state index contributed by atoms with van der Waals surface area (Å²) in [5.41, 5.74) is 9.79. The standard InChI is InChI=1S/C27H32N2O3S/c1-27(2,3)32-26(30)24-22-14-16-29(17-23(22)33-25(24)28)15-13-19-9-11-21(12-10-19)31-18-20-7-5-4-6-8-20/h4-12H,13-18,28H2,1-3H3. The van der Waals surface area contributed by atoms with E-state index in [1.807, 2.05) is 51.1 Å². The van der Waals surface area contributed by atoms with Gasteiger partial charge in [0, 0.05) is 24.5 Å². The Morgan fingerprint density at radius 3 is 2.48 bits per heavy atom. The van der Waals surface area contributed by atoms with Crippen LogP contribution in [0.4, 0.5) is 5.00 Å². The van der Waals surface area contributed by atoms with E-state index in [0.29, 0.717) is 17.2 Å². The van der Waals surface area contributed by atoms with Gasteiger partial charge in [0.05, 0.1) is 5.56 Å². The summed E-state index contributed by atoms with van der Waals surface area (Å²) in [6.45, 7) is 8.91. The minimum absolute atomic E-state index is 0.305. The summed E-state index contributed by atoms with van der Waals surface area (Å²) in [4.78, 5) is 16.3. The fourth-order valence-electron chi connectivity index (χ4n) is 4.00. The van der Waals surface area contributed by atoms with E-state index in [-0.39, 0.29) is 5.97 Å². The lowest BCUT2D eigenvalue weighted by Crippen LogP contribution is -2.32. The lowest BCUT2D eigenvalue weighted by atomic mass is 10.0. The zero-order chi connectivity index (χ0) is 23.4. The van der Waals surface area contributed by atoms with Crippen LogP contribution in [-0.2, 0) is 30.7 Å². The first-order valence-electron chi connectivity index (χ1n) is 11.4. The molecule has 0 aliphatic carbocycles. The van der Waals surface area contributed by atoms with Crippen LogP contribution in [0.5, 0.6) is 5.75 Å². The van der Waals surface area contributed by atoms with Crippen LogP contribution in [0.1, 0.15) is 52.7 Å². The number of carbonyl (C=O) groups excluding carboxylic acids is 1. The molecular formula is C27H32N2O3S. The van der Waals surface area contributed by atoms with Crippen LogP contribution in [0.15, 0.2) is 54.6 Å². The highest BCUT2D eigenvalue weighted by Crippen LogP contribution is 2.36. The molecule has 174 valence electrons. The molecule has 5 nitrogen and oxygen atoms in total. The lowest BCUT2D eigenvalue weighted by molar-refractivity contribution is 0.00695. The van der Waals surface area contributed by atoms with Crippen molar-refractivity contribution < 1.29 is 14.3 Å². The number of rotatable bonds is 7. The highest BCUT2D eigenvalue weighted by Gasteiger charge is 2.29. The maximum Gasteiger partial charge on any atom is 0.341 e. The van der Waals surface area contributed by atoms with E-state index in [1.54, 1.807) is 0 Å². The normalized spacial score (nSPS) is 14.0. The molecule has 0 amide bonds. The fraction of sp³-hybridized carbons (Fsp3) is 0.370. The van der Waals surface area contributed by atoms with E-state index in [9.17, 15) is 4.79 Å². The van der Waals surface area contributed by atoms with E-state index in [4.69, 9.17) is 15.2 Å². The van der Waals surface area contributed by atoms with Gasteiger partial charge in [0.15, 0.2) is 0 Å². The summed E-state index contributed by atoms with van der Waals surface area (Å²) in [7, 11) is 0. The molecule has 2 N–H and O–H groups in total. The smallest absolute Gasteiger partial charge is 0.341 e. The Bertz CT molecular complexity index is 1090. The zero-order valence-electron chi connectivity index (χ0n) is 19.6. The van der Waals surface area contributed by atoms with Gasteiger partial charge in [-0.2, -0.15) is 0 Å². The zero-order valence-corrected chi connectivity index (χ0v) is 20.4. The van der Waals surface area contributed by atoms with Crippen molar-refractivity contribution in [1.82, 2.24) is 4.90 Å². The van der Waals surface area contributed by atoms with E-state index in [0.717, 1.165) is 49.4 Å². The van der Waals surface area contributed by atoms with Gasteiger partial charge in [-0.15, -0.1) is 11.3 Å². The number of nitrogens with two attached hydrogens (primary N) is 1. The van der Waals surface area contributed by atoms with E-state index in [2.05, 4.69) is 29.2 Å². The molecule has 0 radical (unpaired) electrons. The van der Waals surface area contributed by atoms with Crippen LogP contribution in [0.2, 0.25) is 0 Å². The summed E-state index contributed by atoms with van der Waals surface area (Å²) in [6, 6.07) is 18.5. The molecule has 0 unspecified atom stereocenters. The van der Waals surface area contributed by atoms with Crippen LogP contribution >= 0.6 is 11.3 Å². The highest BCUT2D eigenvalue weighted by atomic mass is 32.1. The SMILES string of the molecule is CC(C)(C)OC(=O)c1c(N)sc2c1CCN(CCc1ccc(OCc3ccccc3)cc1)C2. The molecule has 0 saturated heterocycles. The first-order chi connectivity index (χ1) is 15.8. The van der Waals surface area contributed by atoms with Crippen molar-refractivity contribution in [3.8, 4) is 5.75 Å². The Balaban J connectivity index is 1.30. The molecule has 0 atom stereocenters. The van der Waals surface area contributed by atoms with Crippen LogP contribution in [0.3, 0.4) is 0 Å². The first kappa shape index (κ1) is 23.3. The number of thiophene rings is 1. The van der Waals surface area contributed by atoms with E-state index in [1.165, 1.54) is 21.8 Å². The third kappa shape index (κ3) is 6.15. The number of fused-ring (bicyclic) bond motifs is 1. The minimum Gasteiger partial charge on any atom is -0.489 e. The van der Waals surface area contributed by atoms with Gasteiger partial charge in [-0.3, -0.25) is 4.90 Å². The number of nitrogens with zero attached hydrogens (tertiary/aromatic N) is 1. The number of ether oxygens (including phenoxy) is 2. The number of nitrogen functional groups attached to an aromatic ring is 1. The van der Waals surface area contributed by atoms with E-state index < -0.39 is 5.60 Å².